The lowest BCUT2D eigenvalue weighted by Crippen LogP contribution is -2.35. The minimum Gasteiger partial charge on any atom is -0.379 e. The molecule has 1 fully saturated rings. The summed E-state index contributed by atoms with van der Waals surface area (Å²) in [5.41, 5.74) is 1.50. The zero-order valence-electron chi connectivity index (χ0n) is 9.55. The van der Waals surface area contributed by atoms with Gasteiger partial charge in [0.1, 0.15) is 0 Å². The summed E-state index contributed by atoms with van der Waals surface area (Å²) >= 11 is 1.49. The summed E-state index contributed by atoms with van der Waals surface area (Å²) in [4.78, 5) is 22.6. The van der Waals surface area contributed by atoms with Crippen molar-refractivity contribution < 1.29 is 9.53 Å². The number of hydrogen-bond donors (Lipinski definition) is 0. The SMILES string of the molecule is CSc1ncc2c(n1)CN(C1CCOC1)C2=O. The van der Waals surface area contributed by atoms with Gasteiger partial charge in [-0.25, -0.2) is 9.97 Å². The molecule has 0 spiro atoms. The van der Waals surface area contributed by atoms with Crippen molar-refractivity contribution in [1.82, 2.24) is 14.9 Å². The van der Waals surface area contributed by atoms with Crippen LogP contribution in [0, 0.1) is 0 Å². The van der Waals surface area contributed by atoms with Crippen LogP contribution in [-0.2, 0) is 11.3 Å². The van der Waals surface area contributed by atoms with Gasteiger partial charge in [0.25, 0.3) is 5.91 Å². The van der Waals surface area contributed by atoms with Crippen molar-refractivity contribution >= 4 is 17.7 Å². The quantitative estimate of drug-likeness (QED) is 0.578. The standard InChI is InChI=1S/C11H13N3O2S/c1-17-11-12-4-8-9(13-11)5-14(10(8)15)7-2-3-16-6-7/h4,7H,2-3,5-6H2,1H3. The first-order valence-corrected chi connectivity index (χ1v) is 6.80. The topological polar surface area (TPSA) is 55.3 Å². The molecule has 1 aromatic rings. The molecule has 0 aliphatic carbocycles. The number of carbonyl (C=O) groups is 1. The van der Waals surface area contributed by atoms with E-state index in [9.17, 15) is 4.79 Å². The average molecular weight is 251 g/mol. The first-order valence-electron chi connectivity index (χ1n) is 5.58. The first kappa shape index (κ1) is 11.0. The molecule has 0 N–H and O–H groups in total. The molecule has 1 atom stereocenters. The molecule has 1 amide bonds. The Labute approximate surface area is 104 Å². The van der Waals surface area contributed by atoms with Crippen LogP contribution in [-0.4, -0.2) is 46.3 Å². The van der Waals surface area contributed by atoms with Crippen LogP contribution in [0.15, 0.2) is 11.4 Å². The molecular formula is C11H13N3O2S. The number of nitrogens with zero attached hydrogens (tertiary/aromatic N) is 3. The monoisotopic (exact) mass is 251 g/mol. The highest BCUT2D eigenvalue weighted by Gasteiger charge is 2.35. The fourth-order valence-electron chi connectivity index (χ4n) is 2.25. The Bertz CT molecular complexity index is 460. The van der Waals surface area contributed by atoms with Crippen molar-refractivity contribution in [3.05, 3.63) is 17.5 Å². The van der Waals surface area contributed by atoms with E-state index in [2.05, 4.69) is 9.97 Å². The molecule has 17 heavy (non-hydrogen) atoms. The Morgan fingerprint density at radius 3 is 3.18 bits per heavy atom. The molecule has 0 saturated carbocycles. The van der Waals surface area contributed by atoms with E-state index in [1.54, 1.807) is 6.20 Å². The zero-order chi connectivity index (χ0) is 11.8. The lowest BCUT2D eigenvalue weighted by atomic mass is 10.2. The first-order chi connectivity index (χ1) is 8.29. The van der Waals surface area contributed by atoms with E-state index < -0.39 is 0 Å². The molecule has 2 aliphatic rings. The molecule has 3 heterocycles. The van der Waals surface area contributed by atoms with Gasteiger partial charge in [-0.2, -0.15) is 0 Å². The van der Waals surface area contributed by atoms with E-state index in [1.807, 2.05) is 11.2 Å². The van der Waals surface area contributed by atoms with Gasteiger partial charge in [-0.3, -0.25) is 4.79 Å². The molecule has 90 valence electrons. The maximum Gasteiger partial charge on any atom is 0.258 e. The molecule has 5 nitrogen and oxygen atoms in total. The Morgan fingerprint density at radius 1 is 1.59 bits per heavy atom. The van der Waals surface area contributed by atoms with E-state index in [0.717, 1.165) is 23.9 Å². The number of ether oxygens (including phenoxy) is 1. The van der Waals surface area contributed by atoms with E-state index in [0.29, 0.717) is 18.7 Å². The highest BCUT2D eigenvalue weighted by Crippen LogP contribution is 2.26. The average Bonchev–Trinajstić information content (AvgIpc) is 2.97. The summed E-state index contributed by atoms with van der Waals surface area (Å²) in [5, 5.41) is 0.723. The van der Waals surface area contributed by atoms with Crippen molar-refractivity contribution in [3.63, 3.8) is 0 Å². The number of hydrogen-bond acceptors (Lipinski definition) is 5. The number of amides is 1. The van der Waals surface area contributed by atoms with Crippen LogP contribution >= 0.6 is 11.8 Å². The van der Waals surface area contributed by atoms with E-state index in [4.69, 9.17) is 4.74 Å². The van der Waals surface area contributed by atoms with Crippen molar-refractivity contribution in [2.75, 3.05) is 19.5 Å². The predicted molar refractivity (Wildman–Crippen MR) is 62.9 cm³/mol. The van der Waals surface area contributed by atoms with Gasteiger partial charge >= 0.3 is 0 Å². The van der Waals surface area contributed by atoms with Gasteiger partial charge in [0, 0.05) is 12.8 Å². The van der Waals surface area contributed by atoms with Gasteiger partial charge in [-0.15, -0.1) is 0 Å². The maximum absolute atomic E-state index is 12.2. The van der Waals surface area contributed by atoms with Gasteiger partial charge in [0.15, 0.2) is 5.16 Å². The fraction of sp³-hybridized carbons (Fsp3) is 0.545. The summed E-state index contributed by atoms with van der Waals surface area (Å²) < 4.78 is 5.33. The van der Waals surface area contributed by atoms with E-state index in [1.165, 1.54) is 11.8 Å². The van der Waals surface area contributed by atoms with Gasteiger partial charge < -0.3 is 9.64 Å². The Kier molecular flexibility index (Phi) is 2.76. The molecule has 0 aromatic carbocycles. The normalized spacial score (nSPS) is 23.2. The third kappa shape index (κ3) is 1.81. The summed E-state index contributed by atoms with van der Waals surface area (Å²) in [7, 11) is 0. The zero-order valence-corrected chi connectivity index (χ0v) is 10.4. The van der Waals surface area contributed by atoms with Crippen LogP contribution < -0.4 is 0 Å². The lowest BCUT2D eigenvalue weighted by Gasteiger charge is -2.21. The summed E-state index contributed by atoms with van der Waals surface area (Å²) in [5.74, 6) is 0.0446. The van der Waals surface area contributed by atoms with Crippen LogP contribution in [0.1, 0.15) is 22.5 Å². The second kappa shape index (κ2) is 4.27. The lowest BCUT2D eigenvalue weighted by molar-refractivity contribution is 0.0678. The van der Waals surface area contributed by atoms with Gasteiger partial charge in [-0.05, 0) is 12.7 Å². The van der Waals surface area contributed by atoms with Crippen LogP contribution in [0.2, 0.25) is 0 Å². The smallest absolute Gasteiger partial charge is 0.258 e. The Hall–Kier alpha value is -1.14. The van der Waals surface area contributed by atoms with Crippen LogP contribution in [0.25, 0.3) is 0 Å². The number of rotatable bonds is 2. The van der Waals surface area contributed by atoms with Gasteiger partial charge in [0.05, 0.1) is 30.5 Å². The number of thioether (sulfide) groups is 1. The van der Waals surface area contributed by atoms with Crippen molar-refractivity contribution in [1.29, 1.82) is 0 Å². The van der Waals surface area contributed by atoms with E-state index in [-0.39, 0.29) is 11.9 Å². The minimum absolute atomic E-state index is 0.0446. The van der Waals surface area contributed by atoms with Gasteiger partial charge in [0.2, 0.25) is 0 Å². The summed E-state index contributed by atoms with van der Waals surface area (Å²) in [6.45, 7) is 1.98. The molecule has 0 radical (unpaired) electrons. The molecule has 1 saturated heterocycles. The minimum atomic E-state index is 0.0446. The molecular weight excluding hydrogens is 238 g/mol. The summed E-state index contributed by atoms with van der Waals surface area (Å²) in [6, 6.07) is 0.203. The summed E-state index contributed by atoms with van der Waals surface area (Å²) in [6.07, 6.45) is 4.50. The highest BCUT2D eigenvalue weighted by atomic mass is 32.2. The second-order valence-electron chi connectivity index (χ2n) is 4.17. The van der Waals surface area contributed by atoms with Crippen LogP contribution in [0.3, 0.4) is 0 Å². The molecule has 1 aromatic heterocycles. The maximum atomic E-state index is 12.2. The predicted octanol–water partition coefficient (Wildman–Crippen LogP) is 0.943. The van der Waals surface area contributed by atoms with Crippen LogP contribution in [0.4, 0.5) is 0 Å². The van der Waals surface area contributed by atoms with Crippen molar-refractivity contribution in [2.24, 2.45) is 0 Å². The van der Waals surface area contributed by atoms with Crippen molar-refractivity contribution in [2.45, 2.75) is 24.2 Å². The van der Waals surface area contributed by atoms with Crippen molar-refractivity contribution in [3.8, 4) is 0 Å². The number of aromatic nitrogens is 2. The van der Waals surface area contributed by atoms with Gasteiger partial charge in [-0.1, -0.05) is 11.8 Å². The Morgan fingerprint density at radius 2 is 2.47 bits per heavy atom. The molecule has 6 heteroatoms. The Balaban J connectivity index is 1.88. The number of fused-ring (bicyclic) bond motifs is 1. The third-order valence-corrected chi connectivity index (χ3v) is 3.75. The molecule has 0 bridgehead atoms. The molecule has 1 unspecified atom stereocenters. The number of carbonyl (C=O) groups excluding carboxylic acids is 1. The second-order valence-corrected chi connectivity index (χ2v) is 4.94. The fourth-order valence-corrected chi connectivity index (χ4v) is 2.61. The largest absolute Gasteiger partial charge is 0.379 e. The highest BCUT2D eigenvalue weighted by molar-refractivity contribution is 7.98. The third-order valence-electron chi connectivity index (χ3n) is 3.19. The molecule has 2 aliphatic heterocycles. The molecule has 3 rings (SSSR count). The van der Waals surface area contributed by atoms with Crippen LogP contribution in [0.5, 0.6) is 0 Å². The van der Waals surface area contributed by atoms with E-state index >= 15 is 0 Å².